The van der Waals surface area contributed by atoms with E-state index < -0.39 is 0 Å². The highest BCUT2D eigenvalue weighted by Gasteiger charge is 2.17. The number of anilines is 1. The highest BCUT2D eigenvalue weighted by atomic mass is 16.2. The van der Waals surface area contributed by atoms with Crippen LogP contribution in [0.15, 0.2) is 42.5 Å². The van der Waals surface area contributed by atoms with Gasteiger partial charge in [-0.3, -0.25) is 9.59 Å². The Hall–Kier alpha value is -3.52. The van der Waals surface area contributed by atoms with Crippen LogP contribution in [-0.2, 0) is 11.3 Å². The smallest absolute Gasteiger partial charge is 0.274 e. The van der Waals surface area contributed by atoms with Gasteiger partial charge in [0.1, 0.15) is 0 Å². The highest BCUT2D eigenvalue weighted by molar-refractivity contribution is 5.93. The van der Waals surface area contributed by atoms with Crippen LogP contribution in [0.3, 0.4) is 0 Å². The molecular weight excluding hydrogens is 392 g/mol. The van der Waals surface area contributed by atoms with Crippen molar-refractivity contribution in [2.75, 3.05) is 26.0 Å². The summed E-state index contributed by atoms with van der Waals surface area (Å²) in [5, 5.41) is 14.5. The molecule has 0 aliphatic rings. The molecule has 8 heteroatoms. The molecule has 0 bridgehead atoms. The topological polar surface area (TPSA) is 92.2 Å². The number of likely N-dealkylation sites (N-methyl/N-ethyl adjacent to an activating group) is 1. The SMILES string of the molecule is Cc1ccc(-n2nc(C)c(C(=O)NCc3cccc(NC(=O)CN(C)C)c3)n2)c(C)c1. The first-order valence-corrected chi connectivity index (χ1v) is 10.1. The highest BCUT2D eigenvalue weighted by Crippen LogP contribution is 2.16. The maximum atomic E-state index is 12.7. The second-order valence-corrected chi connectivity index (χ2v) is 7.88. The van der Waals surface area contributed by atoms with Crippen LogP contribution in [0.5, 0.6) is 0 Å². The number of hydrogen-bond donors (Lipinski definition) is 2. The summed E-state index contributed by atoms with van der Waals surface area (Å²) in [6, 6.07) is 13.4. The van der Waals surface area contributed by atoms with Crippen molar-refractivity contribution in [3.63, 3.8) is 0 Å². The quantitative estimate of drug-likeness (QED) is 0.613. The fourth-order valence-electron chi connectivity index (χ4n) is 3.24. The zero-order chi connectivity index (χ0) is 22.5. The van der Waals surface area contributed by atoms with Crippen molar-refractivity contribution in [2.24, 2.45) is 0 Å². The van der Waals surface area contributed by atoms with Gasteiger partial charge in [0.25, 0.3) is 5.91 Å². The Balaban J connectivity index is 1.67. The van der Waals surface area contributed by atoms with E-state index >= 15 is 0 Å². The molecule has 0 aliphatic heterocycles. The molecule has 2 N–H and O–H groups in total. The number of rotatable bonds is 7. The lowest BCUT2D eigenvalue weighted by Gasteiger charge is -2.11. The first-order chi connectivity index (χ1) is 14.7. The van der Waals surface area contributed by atoms with Gasteiger partial charge >= 0.3 is 0 Å². The summed E-state index contributed by atoms with van der Waals surface area (Å²) in [4.78, 5) is 27.9. The van der Waals surface area contributed by atoms with Crippen LogP contribution in [0.1, 0.15) is 32.9 Å². The van der Waals surface area contributed by atoms with E-state index in [4.69, 9.17) is 0 Å². The maximum Gasteiger partial charge on any atom is 0.274 e. The van der Waals surface area contributed by atoms with E-state index in [-0.39, 0.29) is 17.5 Å². The molecule has 1 aromatic heterocycles. The second-order valence-electron chi connectivity index (χ2n) is 7.88. The van der Waals surface area contributed by atoms with Crippen LogP contribution in [0, 0.1) is 20.8 Å². The maximum absolute atomic E-state index is 12.7. The Morgan fingerprint density at radius 2 is 1.81 bits per heavy atom. The van der Waals surface area contributed by atoms with Gasteiger partial charge in [-0.05, 0) is 64.2 Å². The first kappa shape index (κ1) is 22.2. The minimum atomic E-state index is -0.296. The van der Waals surface area contributed by atoms with Gasteiger partial charge in [-0.15, -0.1) is 5.10 Å². The predicted molar refractivity (Wildman–Crippen MR) is 120 cm³/mol. The van der Waals surface area contributed by atoms with Gasteiger partial charge < -0.3 is 15.5 Å². The largest absolute Gasteiger partial charge is 0.347 e. The molecule has 0 saturated heterocycles. The molecule has 0 aliphatic carbocycles. The monoisotopic (exact) mass is 420 g/mol. The molecular formula is C23H28N6O2. The van der Waals surface area contributed by atoms with Crippen LogP contribution in [0.4, 0.5) is 5.69 Å². The zero-order valence-electron chi connectivity index (χ0n) is 18.6. The lowest BCUT2D eigenvalue weighted by Crippen LogP contribution is -2.27. The van der Waals surface area contributed by atoms with Crippen molar-refractivity contribution >= 4 is 17.5 Å². The fraction of sp³-hybridized carbons (Fsp3) is 0.304. The van der Waals surface area contributed by atoms with Gasteiger partial charge in [0, 0.05) is 12.2 Å². The Morgan fingerprint density at radius 1 is 1.03 bits per heavy atom. The number of nitrogens with zero attached hydrogens (tertiary/aromatic N) is 4. The first-order valence-electron chi connectivity index (χ1n) is 10.1. The van der Waals surface area contributed by atoms with E-state index in [2.05, 4.69) is 26.9 Å². The van der Waals surface area contributed by atoms with Crippen molar-refractivity contribution in [1.29, 1.82) is 0 Å². The predicted octanol–water partition coefficient (Wildman–Crippen LogP) is 2.62. The van der Waals surface area contributed by atoms with Gasteiger partial charge in [-0.25, -0.2) is 0 Å². The number of nitrogens with one attached hydrogen (secondary N) is 2. The molecule has 1 heterocycles. The third kappa shape index (κ3) is 5.76. The molecule has 8 nitrogen and oxygen atoms in total. The van der Waals surface area contributed by atoms with Gasteiger partial charge in [-0.1, -0.05) is 29.8 Å². The third-order valence-corrected chi connectivity index (χ3v) is 4.69. The number of aryl methyl sites for hydroxylation is 3. The average Bonchev–Trinajstić information content (AvgIpc) is 3.07. The second kappa shape index (κ2) is 9.53. The number of amides is 2. The van der Waals surface area contributed by atoms with E-state index in [1.807, 2.05) is 64.3 Å². The van der Waals surface area contributed by atoms with Crippen molar-refractivity contribution in [3.05, 3.63) is 70.5 Å². The van der Waals surface area contributed by atoms with Gasteiger partial charge in [0.2, 0.25) is 5.91 Å². The van der Waals surface area contributed by atoms with Gasteiger partial charge in [0.15, 0.2) is 5.69 Å². The number of aromatic nitrogens is 3. The summed E-state index contributed by atoms with van der Waals surface area (Å²) >= 11 is 0. The van der Waals surface area contributed by atoms with E-state index in [1.54, 1.807) is 11.8 Å². The number of benzene rings is 2. The number of carbonyl (C=O) groups is 2. The molecule has 0 fully saturated rings. The minimum absolute atomic E-state index is 0.0928. The molecule has 3 rings (SSSR count). The van der Waals surface area contributed by atoms with Crippen LogP contribution in [0.25, 0.3) is 5.69 Å². The van der Waals surface area contributed by atoms with Gasteiger partial charge in [-0.2, -0.15) is 9.90 Å². The molecule has 0 radical (unpaired) electrons. The molecule has 0 unspecified atom stereocenters. The average molecular weight is 421 g/mol. The Morgan fingerprint density at radius 3 is 2.52 bits per heavy atom. The molecule has 0 atom stereocenters. The molecule has 0 spiro atoms. The number of hydrogen-bond acceptors (Lipinski definition) is 5. The van der Waals surface area contributed by atoms with Crippen molar-refractivity contribution in [2.45, 2.75) is 27.3 Å². The molecule has 162 valence electrons. The summed E-state index contributed by atoms with van der Waals surface area (Å²) in [5.41, 5.74) is 5.44. The zero-order valence-corrected chi connectivity index (χ0v) is 18.6. The summed E-state index contributed by atoms with van der Waals surface area (Å²) in [6.45, 7) is 6.40. The summed E-state index contributed by atoms with van der Waals surface area (Å²) in [6.07, 6.45) is 0. The molecule has 2 amide bonds. The van der Waals surface area contributed by atoms with Crippen LogP contribution in [-0.4, -0.2) is 52.3 Å². The van der Waals surface area contributed by atoms with Crippen molar-refractivity contribution in [1.82, 2.24) is 25.2 Å². The molecule has 31 heavy (non-hydrogen) atoms. The van der Waals surface area contributed by atoms with E-state index in [9.17, 15) is 9.59 Å². The Bertz CT molecular complexity index is 1100. The fourth-order valence-corrected chi connectivity index (χ4v) is 3.24. The van der Waals surface area contributed by atoms with Crippen molar-refractivity contribution < 1.29 is 9.59 Å². The minimum Gasteiger partial charge on any atom is -0.347 e. The third-order valence-electron chi connectivity index (χ3n) is 4.69. The molecule has 2 aromatic carbocycles. The summed E-state index contributed by atoms with van der Waals surface area (Å²) in [7, 11) is 3.67. The molecule has 0 saturated carbocycles. The Labute approximate surface area is 182 Å². The van der Waals surface area contributed by atoms with Crippen LogP contribution >= 0.6 is 0 Å². The normalized spacial score (nSPS) is 10.9. The van der Waals surface area contributed by atoms with Crippen LogP contribution < -0.4 is 10.6 Å². The van der Waals surface area contributed by atoms with E-state index in [0.717, 1.165) is 22.4 Å². The lowest BCUT2D eigenvalue weighted by atomic mass is 10.1. The van der Waals surface area contributed by atoms with Crippen molar-refractivity contribution in [3.8, 4) is 5.69 Å². The van der Waals surface area contributed by atoms with E-state index in [1.165, 1.54) is 4.80 Å². The standard InChI is InChI=1S/C23H28N6O2/c1-15-9-10-20(16(2)11-15)29-26-17(3)22(27-29)23(31)24-13-18-7-6-8-19(12-18)25-21(30)14-28(4)5/h6-12H,13-14H2,1-5H3,(H,24,31)(H,25,30). The summed E-state index contributed by atoms with van der Waals surface area (Å²) < 4.78 is 0. The summed E-state index contributed by atoms with van der Waals surface area (Å²) in [5.74, 6) is -0.389. The Kier molecular flexibility index (Phi) is 6.81. The van der Waals surface area contributed by atoms with Crippen LogP contribution in [0.2, 0.25) is 0 Å². The lowest BCUT2D eigenvalue weighted by molar-refractivity contribution is -0.116. The molecule has 3 aromatic rings. The van der Waals surface area contributed by atoms with E-state index in [0.29, 0.717) is 24.5 Å². The van der Waals surface area contributed by atoms with Gasteiger partial charge in [0.05, 0.1) is 17.9 Å². The number of carbonyl (C=O) groups excluding carboxylic acids is 2.